The van der Waals surface area contributed by atoms with Gasteiger partial charge in [-0.1, -0.05) is 13.8 Å². The Labute approximate surface area is 60.3 Å². The molecule has 2 N–H and O–H groups in total. The SMILES string of the molecule is CCN(CC)P=NP.O. The van der Waals surface area contributed by atoms with Crippen LogP contribution in [0.4, 0.5) is 0 Å². The molecule has 0 fully saturated rings. The van der Waals surface area contributed by atoms with Gasteiger partial charge in [0, 0.05) is 13.1 Å². The number of hydrogen-bond acceptors (Lipinski definition) is 1. The Bertz CT molecular complexity index is 75.0. The zero-order chi connectivity index (χ0) is 6.41. The van der Waals surface area contributed by atoms with Crippen molar-refractivity contribution in [2.45, 2.75) is 13.8 Å². The van der Waals surface area contributed by atoms with Crippen LogP contribution in [0.2, 0.25) is 0 Å². The van der Waals surface area contributed by atoms with Crippen LogP contribution in [0, 0.1) is 0 Å². The number of nitrogens with zero attached hydrogens (tertiary/aromatic N) is 2. The summed E-state index contributed by atoms with van der Waals surface area (Å²) < 4.78 is 6.11. The second-order valence-corrected chi connectivity index (χ2v) is 3.01. The Morgan fingerprint density at radius 1 is 1.44 bits per heavy atom. The van der Waals surface area contributed by atoms with E-state index in [0.717, 1.165) is 21.6 Å². The van der Waals surface area contributed by atoms with Gasteiger partial charge in [0.2, 0.25) is 0 Å². The maximum absolute atomic E-state index is 3.89. The second kappa shape index (κ2) is 8.45. The van der Waals surface area contributed by atoms with E-state index in [4.69, 9.17) is 0 Å². The van der Waals surface area contributed by atoms with Crippen LogP contribution < -0.4 is 0 Å². The van der Waals surface area contributed by atoms with Gasteiger partial charge in [0.15, 0.2) is 0 Å². The highest BCUT2D eigenvalue weighted by Gasteiger charge is 1.89. The lowest BCUT2D eigenvalue weighted by molar-refractivity contribution is 0.520. The Morgan fingerprint density at radius 3 is 2.00 bits per heavy atom. The summed E-state index contributed by atoms with van der Waals surface area (Å²) in [7, 11) is 3.42. The molecule has 0 heterocycles. The third-order valence-corrected chi connectivity index (χ3v) is 2.14. The summed E-state index contributed by atoms with van der Waals surface area (Å²) in [4.78, 5) is 0. The summed E-state index contributed by atoms with van der Waals surface area (Å²) in [5.41, 5.74) is 0. The average molecular weight is 168 g/mol. The topological polar surface area (TPSA) is 47.1 Å². The standard InChI is InChI=1S/C4H12N2P2.H2O/c1-3-6(4-2)8-5-7;/h3-4,7H2,1-2H3;1H2. The summed E-state index contributed by atoms with van der Waals surface area (Å²) >= 11 is 0. The van der Waals surface area contributed by atoms with E-state index in [0.29, 0.717) is 0 Å². The van der Waals surface area contributed by atoms with Gasteiger partial charge in [-0.2, -0.15) is 0 Å². The molecule has 0 saturated heterocycles. The van der Waals surface area contributed by atoms with Crippen LogP contribution in [0.5, 0.6) is 0 Å². The second-order valence-electron chi connectivity index (χ2n) is 1.34. The van der Waals surface area contributed by atoms with Crippen molar-refractivity contribution in [2.75, 3.05) is 13.1 Å². The highest BCUT2D eigenvalue weighted by molar-refractivity contribution is 7.33. The van der Waals surface area contributed by atoms with E-state index >= 15 is 0 Å². The van der Waals surface area contributed by atoms with E-state index in [-0.39, 0.29) is 5.48 Å². The van der Waals surface area contributed by atoms with Crippen molar-refractivity contribution in [1.82, 2.24) is 4.67 Å². The summed E-state index contributed by atoms with van der Waals surface area (Å²) in [6.07, 6.45) is 0. The van der Waals surface area contributed by atoms with E-state index < -0.39 is 0 Å². The molecule has 5 heteroatoms. The van der Waals surface area contributed by atoms with Crippen LogP contribution in [0.15, 0.2) is 4.52 Å². The molecule has 0 aromatic rings. The lowest BCUT2D eigenvalue weighted by atomic mass is 10.7. The molecule has 3 nitrogen and oxygen atoms in total. The van der Waals surface area contributed by atoms with Gasteiger partial charge in [-0.15, -0.1) is 0 Å². The smallest absolute Gasteiger partial charge is 0.0967 e. The van der Waals surface area contributed by atoms with Crippen molar-refractivity contribution in [3.8, 4) is 0 Å². The van der Waals surface area contributed by atoms with Gasteiger partial charge >= 0.3 is 0 Å². The normalized spacial score (nSPS) is 10.2. The molecule has 0 rings (SSSR count). The maximum atomic E-state index is 3.89. The van der Waals surface area contributed by atoms with Crippen molar-refractivity contribution in [3.63, 3.8) is 0 Å². The average Bonchev–Trinajstić information content (AvgIpc) is 1.83. The largest absolute Gasteiger partial charge is 0.412 e. The minimum absolute atomic E-state index is 0. The first-order chi connectivity index (χ1) is 3.85. The fraction of sp³-hybridized carbons (Fsp3) is 1.00. The lowest BCUT2D eigenvalue weighted by Gasteiger charge is -2.07. The Hall–Kier alpha value is 0.450. The lowest BCUT2D eigenvalue weighted by Crippen LogP contribution is -2.08. The van der Waals surface area contributed by atoms with Crippen molar-refractivity contribution in [1.29, 1.82) is 0 Å². The molecule has 0 amide bonds. The third kappa shape index (κ3) is 6.33. The fourth-order valence-electron chi connectivity index (χ4n) is 0.423. The summed E-state index contributed by atoms with van der Waals surface area (Å²) in [5, 5.41) is 0. The molecule has 0 radical (unpaired) electrons. The predicted molar refractivity (Wildman–Crippen MR) is 45.6 cm³/mol. The maximum Gasteiger partial charge on any atom is 0.0967 e. The number of hydrogen-bond donors (Lipinski definition) is 0. The van der Waals surface area contributed by atoms with Crippen molar-refractivity contribution in [2.24, 2.45) is 4.52 Å². The molecular formula is C4H14N2OP2. The zero-order valence-corrected chi connectivity index (χ0v) is 7.88. The monoisotopic (exact) mass is 168 g/mol. The molecule has 56 valence electrons. The van der Waals surface area contributed by atoms with Crippen molar-refractivity contribution < 1.29 is 5.48 Å². The van der Waals surface area contributed by atoms with Gasteiger partial charge in [-0.3, -0.25) is 0 Å². The molecule has 0 aliphatic carbocycles. The van der Waals surface area contributed by atoms with Crippen LogP contribution in [0.3, 0.4) is 0 Å². The van der Waals surface area contributed by atoms with Crippen molar-refractivity contribution in [3.05, 3.63) is 0 Å². The van der Waals surface area contributed by atoms with Crippen LogP contribution in [-0.2, 0) is 0 Å². The minimum atomic E-state index is 0. The third-order valence-electron chi connectivity index (χ3n) is 0.908. The van der Waals surface area contributed by atoms with Gasteiger partial charge in [-0.25, -0.2) is 9.19 Å². The molecule has 9 heavy (non-hydrogen) atoms. The first-order valence-electron chi connectivity index (χ1n) is 2.70. The van der Waals surface area contributed by atoms with Crippen LogP contribution >= 0.6 is 17.9 Å². The van der Waals surface area contributed by atoms with Gasteiger partial charge < -0.3 is 5.48 Å². The van der Waals surface area contributed by atoms with Gasteiger partial charge in [0.25, 0.3) is 0 Å². The van der Waals surface area contributed by atoms with E-state index in [9.17, 15) is 0 Å². The Kier molecular flexibility index (Phi) is 11.4. The molecule has 0 aliphatic rings. The first kappa shape index (κ1) is 12.2. The molecule has 0 aromatic heterocycles. The molecule has 0 aromatic carbocycles. The molecule has 1 unspecified atom stereocenters. The van der Waals surface area contributed by atoms with E-state index in [1.165, 1.54) is 0 Å². The fourth-order valence-corrected chi connectivity index (χ4v) is 1.26. The van der Waals surface area contributed by atoms with Crippen LogP contribution in [0.25, 0.3) is 0 Å². The van der Waals surface area contributed by atoms with Crippen LogP contribution in [-0.4, -0.2) is 23.2 Å². The Morgan fingerprint density at radius 2 is 1.89 bits per heavy atom. The number of rotatable bonds is 3. The zero-order valence-electron chi connectivity index (χ0n) is 5.83. The van der Waals surface area contributed by atoms with Crippen LogP contribution in [0.1, 0.15) is 13.8 Å². The minimum Gasteiger partial charge on any atom is -0.412 e. The van der Waals surface area contributed by atoms with E-state index in [2.05, 4.69) is 32.4 Å². The van der Waals surface area contributed by atoms with E-state index in [1.807, 2.05) is 0 Å². The van der Waals surface area contributed by atoms with E-state index in [1.54, 1.807) is 0 Å². The molecular weight excluding hydrogens is 154 g/mol. The molecule has 0 saturated carbocycles. The Balaban J connectivity index is 0. The van der Waals surface area contributed by atoms with Gasteiger partial charge in [0.1, 0.15) is 0 Å². The molecule has 0 bridgehead atoms. The molecule has 1 atom stereocenters. The summed E-state index contributed by atoms with van der Waals surface area (Å²) in [5.74, 6) is 0. The highest BCUT2D eigenvalue weighted by atomic mass is 31.1. The molecule has 0 aliphatic heterocycles. The highest BCUT2D eigenvalue weighted by Crippen LogP contribution is 2.10. The van der Waals surface area contributed by atoms with Gasteiger partial charge in [0.05, 0.1) is 8.52 Å². The first-order valence-corrected chi connectivity index (χ1v) is 4.02. The summed E-state index contributed by atoms with van der Waals surface area (Å²) in [6.45, 7) is 6.42. The predicted octanol–water partition coefficient (Wildman–Crippen LogP) is 1.34. The van der Waals surface area contributed by atoms with Crippen molar-refractivity contribution >= 4 is 17.9 Å². The summed E-state index contributed by atoms with van der Waals surface area (Å²) in [6, 6.07) is 0. The molecule has 0 spiro atoms. The quantitative estimate of drug-likeness (QED) is 0.586. The van der Waals surface area contributed by atoms with Gasteiger partial charge in [-0.05, 0) is 9.39 Å².